The van der Waals surface area contributed by atoms with Gasteiger partial charge in [0.15, 0.2) is 0 Å². The summed E-state index contributed by atoms with van der Waals surface area (Å²) in [4.78, 5) is 17.3. The van der Waals surface area contributed by atoms with Gasteiger partial charge in [-0.05, 0) is 57.9 Å². The molecule has 1 amide bonds. The smallest absolute Gasteiger partial charge is 0.255 e. The van der Waals surface area contributed by atoms with E-state index in [2.05, 4.69) is 26.8 Å². The molecule has 0 aliphatic heterocycles. The Morgan fingerprint density at radius 3 is 2.76 bits per heavy atom. The lowest BCUT2D eigenvalue weighted by molar-refractivity contribution is -0.00177. The van der Waals surface area contributed by atoms with Crippen molar-refractivity contribution >= 4 is 17.1 Å². The molecular formula is C24H27FN6O3. The topological polar surface area (TPSA) is 136 Å². The highest BCUT2D eigenvalue weighted by Gasteiger charge is 2.40. The van der Waals surface area contributed by atoms with Crippen molar-refractivity contribution in [2.75, 3.05) is 11.9 Å². The van der Waals surface area contributed by atoms with Crippen molar-refractivity contribution in [3.8, 4) is 17.5 Å². The number of aromatic nitrogens is 3. The molecule has 1 aliphatic carbocycles. The number of nitrogens with one attached hydrogen (secondary N) is 2. The minimum absolute atomic E-state index is 0.217. The fourth-order valence-corrected chi connectivity index (χ4v) is 4.07. The molecule has 0 saturated heterocycles. The predicted molar refractivity (Wildman–Crippen MR) is 124 cm³/mol. The number of rotatable bonds is 7. The van der Waals surface area contributed by atoms with E-state index in [-0.39, 0.29) is 12.1 Å². The monoisotopic (exact) mass is 466 g/mol. The summed E-state index contributed by atoms with van der Waals surface area (Å²) in [7, 11) is 0. The number of fused-ring (bicyclic) bond motifs is 1. The highest BCUT2D eigenvalue weighted by molar-refractivity contribution is 6.00. The Labute approximate surface area is 196 Å². The maximum Gasteiger partial charge on any atom is 0.255 e. The summed E-state index contributed by atoms with van der Waals surface area (Å²) in [5.74, 6) is -0.534. The molecule has 3 aromatic rings. The molecule has 34 heavy (non-hydrogen) atoms. The van der Waals surface area contributed by atoms with Crippen molar-refractivity contribution in [2.24, 2.45) is 0 Å². The van der Waals surface area contributed by atoms with Crippen LogP contribution in [-0.2, 0) is 0 Å². The quantitative estimate of drug-likeness (QED) is 0.420. The fraction of sp³-hybridized carbons (Fsp3) is 0.417. The van der Waals surface area contributed by atoms with Gasteiger partial charge < -0.3 is 20.8 Å². The van der Waals surface area contributed by atoms with E-state index in [1.807, 2.05) is 19.1 Å². The number of hydrogen-bond donors (Lipinski definition) is 4. The van der Waals surface area contributed by atoms with Crippen LogP contribution in [0.1, 0.15) is 49.5 Å². The third-order valence-electron chi connectivity index (χ3n) is 6.06. The van der Waals surface area contributed by atoms with Gasteiger partial charge in [-0.25, -0.2) is 8.91 Å². The van der Waals surface area contributed by atoms with Gasteiger partial charge in [-0.2, -0.15) is 10.4 Å². The number of carbonyl (C=O) groups excluding carboxylic acids is 1. The van der Waals surface area contributed by atoms with Crippen LogP contribution in [-0.4, -0.2) is 60.7 Å². The number of anilines is 1. The molecule has 1 atom stereocenters. The van der Waals surface area contributed by atoms with Gasteiger partial charge >= 0.3 is 0 Å². The first-order valence-corrected chi connectivity index (χ1v) is 11.0. The molecule has 3 heterocycles. The number of alkyl halides is 1. The number of hydrogen-bond acceptors (Lipinski definition) is 7. The number of pyridine rings is 1. The first-order valence-electron chi connectivity index (χ1n) is 11.0. The molecule has 0 spiro atoms. The predicted octanol–water partition coefficient (Wildman–Crippen LogP) is 2.43. The zero-order valence-corrected chi connectivity index (χ0v) is 19.2. The van der Waals surface area contributed by atoms with Crippen molar-refractivity contribution in [1.29, 1.82) is 5.26 Å². The van der Waals surface area contributed by atoms with Gasteiger partial charge in [-0.15, -0.1) is 0 Å². The molecule has 178 valence electrons. The van der Waals surface area contributed by atoms with Crippen molar-refractivity contribution in [2.45, 2.75) is 57.0 Å². The second kappa shape index (κ2) is 8.66. The fourth-order valence-electron chi connectivity index (χ4n) is 4.07. The van der Waals surface area contributed by atoms with E-state index < -0.39 is 29.3 Å². The first kappa shape index (κ1) is 23.6. The number of amides is 1. The van der Waals surface area contributed by atoms with Crippen molar-refractivity contribution in [3.63, 3.8) is 0 Å². The second-order valence-electron chi connectivity index (χ2n) is 9.61. The molecule has 4 rings (SSSR count). The van der Waals surface area contributed by atoms with Crippen LogP contribution in [0, 0.1) is 11.3 Å². The Morgan fingerprint density at radius 1 is 1.38 bits per heavy atom. The lowest BCUT2D eigenvalue weighted by atomic mass is 9.75. The van der Waals surface area contributed by atoms with Gasteiger partial charge in [0.05, 0.1) is 58.2 Å². The zero-order valence-electron chi connectivity index (χ0n) is 19.2. The van der Waals surface area contributed by atoms with E-state index in [4.69, 9.17) is 5.26 Å². The third kappa shape index (κ3) is 4.71. The van der Waals surface area contributed by atoms with Crippen LogP contribution < -0.4 is 10.6 Å². The Morgan fingerprint density at radius 2 is 2.12 bits per heavy atom. The highest BCUT2D eigenvalue weighted by atomic mass is 19.1. The Kier molecular flexibility index (Phi) is 6.02. The largest absolute Gasteiger partial charge is 0.393 e. The van der Waals surface area contributed by atoms with Crippen LogP contribution in [0.15, 0.2) is 36.7 Å². The lowest BCUT2D eigenvalue weighted by Crippen LogP contribution is -2.51. The lowest BCUT2D eigenvalue weighted by Gasteiger charge is -2.44. The number of aliphatic hydroxyl groups excluding tert-OH is 1. The Hall–Kier alpha value is -3.55. The molecule has 0 aromatic carbocycles. The second-order valence-corrected chi connectivity index (χ2v) is 9.61. The van der Waals surface area contributed by atoms with Gasteiger partial charge in [-0.1, -0.05) is 0 Å². The van der Waals surface area contributed by atoms with Crippen molar-refractivity contribution in [3.05, 3.63) is 47.8 Å². The standard InChI is InChI=1S/C24H27FN6O3/c1-23(2,34)21(25)13-28-22(33)17-12-27-19(7-18(17)30-24(3)8-16(32)9-24)20-5-4-15-6-14(10-26)11-29-31(15)20/h4-7,11-12,16,21,32,34H,8-9,13H2,1-3H3,(H,27,30)(H,28,33). The van der Waals surface area contributed by atoms with E-state index in [0.29, 0.717) is 35.5 Å². The summed E-state index contributed by atoms with van der Waals surface area (Å²) in [5.41, 5.74) is 1.08. The van der Waals surface area contributed by atoms with Crippen LogP contribution in [0.3, 0.4) is 0 Å². The van der Waals surface area contributed by atoms with Crippen molar-refractivity contribution in [1.82, 2.24) is 19.9 Å². The average molecular weight is 467 g/mol. The molecule has 1 unspecified atom stereocenters. The van der Waals surface area contributed by atoms with Gasteiger partial charge in [0, 0.05) is 11.7 Å². The van der Waals surface area contributed by atoms with Crippen LogP contribution in [0.25, 0.3) is 16.9 Å². The number of halogens is 1. The van der Waals surface area contributed by atoms with Crippen LogP contribution >= 0.6 is 0 Å². The Bertz CT molecular complexity index is 1270. The summed E-state index contributed by atoms with van der Waals surface area (Å²) in [6, 6.07) is 9.13. The van der Waals surface area contributed by atoms with Crippen LogP contribution in [0.4, 0.5) is 10.1 Å². The SMILES string of the molecule is CC1(Nc2cc(-c3ccc4cc(C#N)cnn34)ncc2C(=O)NCC(F)C(C)(C)O)CC(O)C1. The van der Waals surface area contributed by atoms with Gasteiger partial charge in [0.1, 0.15) is 12.2 Å². The number of nitriles is 1. The summed E-state index contributed by atoms with van der Waals surface area (Å²) >= 11 is 0. The summed E-state index contributed by atoms with van der Waals surface area (Å²) in [6.45, 7) is 4.27. The Balaban J connectivity index is 1.67. The minimum atomic E-state index is -1.64. The molecule has 0 radical (unpaired) electrons. The van der Waals surface area contributed by atoms with Crippen molar-refractivity contribution < 1.29 is 19.4 Å². The molecule has 1 aliphatic rings. The van der Waals surface area contributed by atoms with Crippen LogP contribution in [0.2, 0.25) is 0 Å². The minimum Gasteiger partial charge on any atom is -0.393 e. The summed E-state index contributed by atoms with van der Waals surface area (Å²) < 4.78 is 15.8. The summed E-state index contributed by atoms with van der Waals surface area (Å²) in [6.07, 6.45) is 1.85. The van der Waals surface area contributed by atoms with E-state index in [9.17, 15) is 19.4 Å². The zero-order chi connectivity index (χ0) is 24.7. The van der Waals surface area contributed by atoms with E-state index in [0.717, 1.165) is 5.52 Å². The van der Waals surface area contributed by atoms with Gasteiger partial charge in [-0.3, -0.25) is 9.78 Å². The third-order valence-corrected chi connectivity index (χ3v) is 6.06. The van der Waals surface area contributed by atoms with Crippen LogP contribution in [0.5, 0.6) is 0 Å². The van der Waals surface area contributed by atoms with Gasteiger partial charge in [0.25, 0.3) is 5.91 Å². The number of aliphatic hydroxyl groups is 2. The molecule has 9 nitrogen and oxygen atoms in total. The number of carbonyl (C=O) groups is 1. The molecule has 3 aromatic heterocycles. The maximum absolute atomic E-state index is 14.2. The molecule has 1 saturated carbocycles. The maximum atomic E-state index is 14.2. The molecule has 4 N–H and O–H groups in total. The van der Waals surface area contributed by atoms with E-state index in [1.165, 1.54) is 26.2 Å². The molecule has 10 heteroatoms. The normalized spacial score (nSPS) is 20.9. The molecule has 1 fully saturated rings. The van der Waals surface area contributed by atoms with E-state index in [1.54, 1.807) is 16.6 Å². The number of nitrogens with zero attached hydrogens (tertiary/aromatic N) is 4. The summed E-state index contributed by atoms with van der Waals surface area (Å²) in [5, 5.41) is 38.9. The highest BCUT2D eigenvalue weighted by Crippen LogP contribution is 2.37. The van der Waals surface area contributed by atoms with Gasteiger partial charge in [0.2, 0.25) is 0 Å². The molecule has 0 bridgehead atoms. The van der Waals surface area contributed by atoms with E-state index >= 15 is 0 Å². The average Bonchev–Trinajstić information content (AvgIpc) is 3.18. The molecular weight excluding hydrogens is 439 g/mol. The first-order chi connectivity index (χ1) is 16.0.